The van der Waals surface area contributed by atoms with Gasteiger partial charge in [0.05, 0.1) is 16.8 Å². The minimum atomic E-state index is -0.872. The maximum atomic E-state index is 13.0. The van der Waals surface area contributed by atoms with Crippen LogP contribution in [0.2, 0.25) is 0 Å². The quantitative estimate of drug-likeness (QED) is 0.516. The summed E-state index contributed by atoms with van der Waals surface area (Å²) in [7, 11) is 0. The molecule has 0 saturated carbocycles. The van der Waals surface area contributed by atoms with Crippen LogP contribution in [0, 0.1) is 0 Å². The third-order valence-electron chi connectivity index (χ3n) is 4.38. The van der Waals surface area contributed by atoms with Gasteiger partial charge in [0.1, 0.15) is 5.57 Å². The van der Waals surface area contributed by atoms with Crippen molar-refractivity contribution in [3.8, 4) is 23.0 Å². The number of phenolic OH excluding ortho intramolecular Hbond substituents is 1. The molecule has 4 amide bonds. The van der Waals surface area contributed by atoms with Crippen molar-refractivity contribution in [3.05, 3.63) is 45.9 Å². The number of rotatable bonds is 4. The summed E-state index contributed by atoms with van der Waals surface area (Å²) in [4.78, 5) is 38.6. The van der Waals surface area contributed by atoms with Crippen LogP contribution < -0.4 is 24.4 Å². The van der Waals surface area contributed by atoms with Crippen molar-refractivity contribution in [1.82, 2.24) is 5.32 Å². The molecule has 2 aliphatic heterocycles. The number of aromatic hydroxyl groups is 1. The van der Waals surface area contributed by atoms with Crippen molar-refractivity contribution in [1.29, 1.82) is 0 Å². The maximum Gasteiger partial charge on any atom is 0.335 e. The molecule has 0 aromatic heterocycles. The molecule has 2 heterocycles. The molecular formula is C20H15BrN2O7. The zero-order valence-corrected chi connectivity index (χ0v) is 17.2. The van der Waals surface area contributed by atoms with Gasteiger partial charge in [-0.2, -0.15) is 0 Å². The molecular weight excluding hydrogens is 460 g/mol. The molecule has 10 heteroatoms. The molecule has 4 rings (SSSR count). The van der Waals surface area contributed by atoms with Crippen molar-refractivity contribution in [2.24, 2.45) is 0 Å². The van der Waals surface area contributed by atoms with E-state index in [2.05, 4.69) is 21.2 Å². The summed E-state index contributed by atoms with van der Waals surface area (Å²) in [6, 6.07) is 6.71. The predicted octanol–water partition coefficient (Wildman–Crippen LogP) is 2.95. The second-order valence-electron chi connectivity index (χ2n) is 6.28. The molecule has 0 unspecified atom stereocenters. The highest BCUT2D eigenvalue weighted by atomic mass is 79.9. The molecule has 0 atom stereocenters. The van der Waals surface area contributed by atoms with Gasteiger partial charge >= 0.3 is 6.03 Å². The molecule has 2 N–H and O–H groups in total. The van der Waals surface area contributed by atoms with Gasteiger partial charge in [-0.25, -0.2) is 9.69 Å². The van der Waals surface area contributed by atoms with Crippen LogP contribution in [0.25, 0.3) is 6.08 Å². The predicted molar refractivity (Wildman–Crippen MR) is 109 cm³/mol. The number of nitrogens with zero attached hydrogens (tertiary/aromatic N) is 1. The summed E-state index contributed by atoms with van der Waals surface area (Å²) in [5.41, 5.74) is 0.385. The number of carbonyl (C=O) groups is 3. The molecule has 2 aromatic rings. The number of nitrogens with one attached hydrogen (secondary N) is 1. The number of hydrogen-bond acceptors (Lipinski definition) is 7. The number of carbonyl (C=O) groups excluding carboxylic acids is 3. The Morgan fingerprint density at radius 3 is 2.73 bits per heavy atom. The Morgan fingerprint density at radius 1 is 1.20 bits per heavy atom. The first kappa shape index (κ1) is 19.8. The number of benzene rings is 2. The average Bonchev–Trinajstić information content (AvgIpc) is 3.17. The highest BCUT2D eigenvalue weighted by Gasteiger charge is 2.37. The molecule has 2 aromatic carbocycles. The first-order valence-electron chi connectivity index (χ1n) is 8.85. The topological polar surface area (TPSA) is 114 Å². The van der Waals surface area contributed by atoms with Crippen LogP contribution in [0.1, 0.15) is 12.5 Å². The summed E-state index contributed by atoms with van der Waals surface area (Å²) < 4.78 is 16.2. The minimum Gasteiger partial charge on any atom is -0.503 e. The van der Waals surface area contributed by atoms with E-state index in [-0.39, 0.29) is 29.6 Å². The second-order valence-corrected chi connectivity index (χ2v) is 7.13. The summed E-state index contributed by atoms with van der Waals surface area (Å²) in [6.07, 6.45) is 1.32. The number of fused-ring (bicyclic) bond motifs is 1. The van der Waals surface area contributed by atoms with E-state index in [1.165, 1.54) is 30.3 Å². The van der Waals surface area contributed by atoms with Crippen LogP contribution in [-0.4, -0.2) is 36.4 Å². The Bertz CT molecular complexity index is 1110. The van der Waals surface area contributed by atoms with E-state index in [1.54, 1.807) is 13.0 Å². The van der Waals surface area contributed by atoms with Gasteiger partial charge in [-0.3, -0.25) is 14.9 Å². The maximum absolute atomic E-state index is 13.0. The molecule has 0 spiro atoms. The number of barbiturate groups is 1. The molecule has 0 radical (unpaired) electrons. The monoisotopic (exact) mass is 474 g/mol. The number of urea groups is 1. The lowest BCUT2D eigenvalue weighted by atomic mass is 10.1. The fourth-order valence-electron chi connectivity index (χ4n) is 3.03. The van der Waals surface area contributed by atoms with Gasteiger partial charge in [0.2, 0.25) is 6.79 Å². The van der Waals surface area contributed by atoms with Crippen molar-refractivity contribution in [3.63, 3.8) is 0 Å². The van der Waals surface area contributed by atoms with E-state index < -0.39 is 17.8 Å². The van der Waals surface area contributed by atoms with E-state index in [0.717, 1.165) is 4.90 Å². The second kappa shape index (κ2) is 7.71. The van der Waals surface area contributed by atoms with E-state index in [0.29, 0.717) is 28.1 Å². The largest absolute Gasteiger partial charge is 0.503 e. The highest BCUT2D eigenvalue weighted by Crippen LogP contribution is 2.38. The van der Waals surface area contributed by atoms with Crippen LogP contribution >= 0.6 is 15.9 Å². The molecule has 9 nitrogen and oxygen atoms in total. The van der Waals surface area contributed by atoms with Crippen molar-refractivity contribution < 1.29 is 33.7 Å². The summed E-state index contributed by atoms with van der Waals surface area (Å²) in [6.45, 7) is 2.11. The van der Waals surface area contributed by atoms with Gasteiger partial charge < -0.3 is 19.3 Å². The zero-order valence-electron chi connectivity index (χ0n) is 15.6. The summed E-state index contributed by atoms with van der Waals surface area (Å²) >= 11 is 3.21. The molecule has 0 bridgehead atoms. The van der Waals surface area contributed by atoms with E-state index in [4.69, 9.17) is 14.2 Å². The molecule has 2 aliphatic rings. The number of anilines is 1. The Morgan fingerprint density at radius 2 is 1.97 bits per heavy atom. The van der Waals surface area contributed by atoms with Crippen molar-refractivity contribution in [2.45, 2.75) is 6.92 Å². The van der Waals surface area contributed by atoms with Crippen molar-refractivity contribution >= 4 is 45.5 Å². The minimum absolute atomic E-state index is 0.0421. The Labute approximate surface area is 179 Å². The van der Waals surface area contributed by atoms with Gasteiger partial charge in [0, 0.05) is 6.07 Å². The zero-order chi connectivity index (χ0) is 21.4. The van der Waals surface area contributed by atoms with E-state index in [1.807, 2.05) is 0 Å². The van der Waals surface area contributed by atoms with Crippen LogP contribution in [0.15, 0.2) is 40.4 Å². The molecule has 0 aliphatic carbocycles. The lowest BCUT2D eigenvalue weighted by Gasteiger charge is -2.26. The van der Waals surface area contributed by atoms with Crippen molar-refractivity contribution in [2.75, 3.05) is 18.3 Å². The number of imide groups is 2. The number of amides is 4. The number of hydrogen-bond donors (Lipinski definition) is 2. The summed E-state index contributed by atoms with van der Waals surface area (Å²) in [5, 5.41) is 12.2. The Hall–Kier alpha value is -3.53. The van der Waals surface area contributed by atoms with Gasteiger partial charge in [0.25, 0.3) is 11.8 Å². The van der Waals surface area contributed by atoms with Gasteiger partial charge in [-0.15, -0.1) is 0 Å². The van der Waals surface area contributed by atoms with Crippen LogP contribution in [0.4, 0.5) is 10.5 Å². The molecule has 154 valence electrons. The lowest BCUT2D eigenvalue weighted by Crippen LogP contribution is -2.54. The normalized spacial score (nSPS) is 16.8. The SMILES string of the molecule is CCOc1cc(/C=C2\C(=O)NC(=O)N(c3ccc4c(c3)OCO4)C2=O)cc(Br)c1O. The van der Waals surface area contributed by atoms with Gasteiger partial charge in [-0.05, 0) is 58.8 Å². The third kappa shape index (κ3) is 3.45. The first-order valence-corrected chi connectivity index (χ1v) is 9.64. The molecule has 1 saturated heterocycles. The van der Waals surface area contributed by atoms with Crippen LogP contribution in [-0.2, 0) is 9.59 Å². The molecule has 30 heavy (non-hydrogen) atoms. The van der Waals surface area contributed by atoms with Gasteiger partial charge in [-0.1, -0.05) is 0 Å². The van der Waals surface area contributed by atoms with E-state index in [9.17, 15) is 19.5 Å². The van der Waals surface area contributed by atoms with E-state index >= 15 is 0 Å². The standard InChI is InChI=1S/C20H15BrN2O7/c1-2-28-16-7-10(6-13(21)17(16)24)5-12-18(25)22-20(27)23(19(12)26)11-3-4-14-15(8-11)30-9-29-14/h3-8,24H,2,9H2,1H3,(H,22,25,27)/b12-5+. The first-order chi connectivity index (χ1) is 14.4. The Balaban J connectivity index is 1.73. The lowest BCUT2D eigenvalue weighted by molar-refractivity contribution is -0.122. The molecule has 1 fully saturated rings. The number of phenols is 1. The third-order valence-corrected chi connectivity index (χ3v) is 4.98. The smallest absolute Gasteiger partial charge is 0.335 e. The van der Waals surface area contributed by atoms with Crippen LogP contribution in [0.3, 0.4) is 0 Å². The van der Waals surface area contributed by atoms with Crippen LogP contribution in [0.5, 0.6) is 23.0 Å². The Kier molecular flexibility index (Phi) is 5.08. The number of ether oxygens (including phenoxy) is 3. The average molecular weight is 475 g/mol. The van der Waals surface area contributed by atoms with Gasteiger partial charge in [0.15, 0.2) is 23.0 Å². The fraction of sp³-hybridized carbons (Fsp3) is 0.150. The highest BCUT2D eigenvalue weighted by molar-refractivity contribution is 9.10. The number of halogens is 1. The summed E-state index contributed by atoms with van der Waals surface area (Å²) in [5.74, 6) is -0.664. The fourth-order valence-corrected chi connectivity index (χ4v) is 3.49.